The van der Waals surface area contributed by atoms with Crippen molar-refractivity contribution in [2.24, 2.45) is 50.7 Å². The molecule has 0 unspecified atom stereocenters. The fourth-order valence-corrected chi connectivity index (χ4v) is 11.4. The van der Waals surface area contributed by atoms with Crippen molar-refractivity contribution in [3.8, 4) is 0 Å². The van der Waals surface area contributed by atoms with E-state index in [-0.39, 0.29) is 63.7 Å². The quantitative estimate of drug-likeness (QED) is 0.435. The molecule has 0 aliphatic heterocycles. The van der Waals surface area contributed by atoms with Crippen molar-refractivity contribution >= 4 is 17.7 Å². The van der Waals surface area contributed by atoms with E-state index in [1.54, 1.807) is 6.92 Å². The number of anilines is 1. The van der Waals surface area contributed by atoms with Gasteiger partial charge in [0.25, 0.3) is 0 Å². The highest BCUT2D eigenvalue weighted by atomic mass is 16.4. The van der Waals surface area contributed by atoms with E-state index in [2.05, 4.69) is 64.0 Å². The van der Waals surface area contributed by atoms with Crippen LogP contribution in [0.3, 0.4) is 0 Å². The lowest BCUT2D eigenvalue weighted by atomic mass is 9.33. The summed E-state index contributed by atoms with van der Waals surface area (Å²) in [6.45, 7) is 18.1. The van der Waals surface area contributed by atoms with E-state index in [0.29, 0.717) is 24.1 Å². The molecule has 4 saturated carbocycles. The number of aromatic nitrogens is 2. The Kier molecular flexibility index (Phi) is 6.15. The molecule has 5 aliphatic rings. The van der Waals surface area contributed by atoms with Gasteiger partial charge in [-0.3, -0.25) is 14.9 Å². The van der Waals surface area contributed by atoms with E-state index in [0.717, 1.165) is 56.1 Å². The molecule has 7 nitrogen and oxygen atoms in total. The molecular formula is C33H49N3O4. The summed E-state index contributed by atoms with van der Waals surface area (Å²) < 4.78 is 5.52. The van der Waals surface area contributed by atoms with Gasteiger partial charge in [0.2, 0.25) is 11.8 Å². The average Bonchev–Trinajstić information content (AvgIpc) is 3.42. The fraction of sp³-hybridized carbons (Fsp3) is 0.818. The molecule has 7 heteroatoms. The minimum absolute atomic E-state index is 0.00491. The van der Waals surface area contributed by atoms with Gasteiger partial charge in [0.1, 0.15) is 0 Å². The van der Waals surface area contributed by atoms with Crippen LogP contribution in [0.25, 0.3) is 0 Å². The average molecular weight is 552 g/mol. The third kappa shape index (κ3) is 3.45. The largest absolute Gasteiger partial charge is 0.408 e. The van der Waals surface area contributed by atoms with Crippen molar-refractivity contribution < 1.29 is 19.1 Å². The van der Waals surface area contributed by atoms with Gasteiger partial charge in [0.05, 0.1) is 11.5 Å². The molecule has 8 atom stereocenters. The summed E-state index contributed by atoms with van der Waals surface area (Å²) in [4.78, 5) is 27.8. The second kappa shape index (κ2) is 8.75. The lowest BCUT2D eigenvalue weighted by Crippen LogP contribution is -2.66. The summed E-state index contributed by atoms with van der Waals surface area (Å²) in [5.74, 6) is 1.72. The third-order valence-electron chi connectivity index (χ3n) is 13.6. The number of hydrogen-bond donors (Lipinski definition) is 2. The molecule has 0 bridgehead atoms. The van der Waals surface area contributed by atoms with Gasteiger partial charge in [0, 0.05) is 13.3 Å². The predicted octanol–water partition coefficient (Wildman–Crippen LogP) is 6.66. The van der Waals surface area contributed by atoms with Crippen LogP contribution in [0.4, 0.5) is 6.01 Å². The first-order chi connectivity index (χ1) is 18.6. The highest BCUT2D eigenvalue weighted by Crippen LogP contribution is 2.76. The Morgan fingerprint density at radius 3 is 2.33 bits per heavy atom. The minimum Gasteiger partial charge on any atom is -0.408 e. The van der Waals surface area contributed by atoms with E-state index in [1.165, 1.54) is 0 Å². The number of aryl methyl sites for hydroxylation is 1. The van der Waals surface area contributed by atoms with Crippen molar-refractivity contribution in [1.82, 2.24) is 10.2 Å². The number of rotatable bonds is 3. The third-order valence-corrected chi connectivity index (χ3v) is 13.6. The molecule has 220 valence electrons. The Morgan fingerprint density at radius 1 is 0.950 bits per heavy atom. The number of carbonyl (C=O) groups is 2. The van der Waals surface area contributed by atoms with E-state index >= 15 is 0 Å². The van der Waals surface area contributed by atoms with Crippen molar-refractivity contribution in [1.29, 1.82) is 0 Å². The number of aliphatic hydroxyl groups is 1. The molecule has 1 aromatic rings. The summed E-state index contributed by atoms with van der Waals surface area (Å²) in [7, 11) is 0. The molecule has 0 radical (unpaired) electrons. The number of ketones is 1. The first kappa shape index (κ1) is 28.1. The van der Waals surface area contributed by atoms with Crippen molar-refractivity contribution in [2.45, 2.75) is 119 Å². The molecule has 5 aliphatic carbocycles. The smallest absolute Gasteiger partial charge is 0.322 e. The van der Waals surface area contributed by atoms with Crippen molar-refractivity contribution in [2.75, 3.05) is 5.32 Å². The number of aliphatic hydroxyl groups excluding tert-OH is 1. The summed E-state index contributed by atoms with van der Waals surface area (Å²) in [5, 5.41) is 21.8. The van der Waals surface area contributed by atoms with Gasteiger partial charge in [-0.1, -0.05) is 53.6 Å². The Hall–Kier alpha value is -2.02. The van der Waals surface area contributed by atoms with Gasteiger partial charge < -0.3 is 9.52 Å². The Morgan fingerprint density at radius 2 is 1.68 bits per heavy atom. The van der Waals surface area contributed by atoms with Crippen LogP contribution in [0, 0.1) is 57.7 Å². The Balaban J connectivity index is 1.42. The summed E-state index contributed by atoms with van der Waals surface area (Å²) in [5.41, 5.74) is 1.39. The van der Waals surface area contributed by atoms with Crippen LogP contribution in [0.1, 0.15) is 112 Å². The Bertz CT molecular complexity index is 1280. The lowest BCUT2D eigenvalue weighted by molar-refractivity contribution is -0.228. The molecule has 0 spiro atoms. The maximum Gasteiger partial charge on any atom is 0.322 e. The van der Waals surface area contributed by atoms with E-state index in [1.807, 2.05) is 0 Å². The van der Waals surface area contributed by atoms with Gasteiger partial charge in [-0.05, 0) is 108 Å². The van der Waals surface area contributed by atoms with E-state index < -0.39 is 5.41 Å². The molecular weight excluding hydrogens is 502 g/mol. The van der Waals surface area contributed by atoms with Crippen LogP contribution >= 0.6 is 0 Å². The zero-order chi connectivity index (χ0) is 29.0. The number of amides is 1. The number of hydrogen-bond acceptors (Lipinski definition) is 6. The SMILES string of the molecule is Cc1nnc(NC(=O)[C@@]23CC[C@]4(C)[C@H](CC[C@@H]5[C@@]6(C)CC[C@H](O)C(C)(C)[C@@H]6CC[C@]54C)C2=C(C(C)C)C(=O)C3)o1. The normalized spacial score (nSPS) is 44.1. The second-order valence-electron chi connectivity index (χ2n) is 15.7. The maximum atomic E-state index is 14.1. The van der Waals surface area contributed by atoms with Crippen molar-refractivity contribution in [3.63, 3.8) is 0 Å². The molecule has 1 amide bonds. The van der Waals surface area contributed by atoms with Crippen LogP contribution in [-0.4, -0.2) is 33.1 Å². The number of nitrogens with zero attached hydrogens (tertiary/aromatic N) is 2. The lowest BCUT2D eigenvalue weighted by Gasteiger charge is -2.72. The molecule has 4 fully saturated rings. The van der Waals surface area contributed by atoms with E-state index in [9.17, 15) is 14.7 Å². The molecule has 0 aromatic carbocycles. The molecule has 6 rings (SSSR count). The van der Waals surface area contributed by atoms with Crippen LogP contribution in [0.15, 0.2) is 15.6 Å². The zero-order valence-corrected chi connectivity index (χ0v) is 25.8. The van der Waals surface area contributed by atoms with Gasteiger partial charge in [0.15, 0.2) is 5.78 Å². The van der Waals surface area contributed by atoms with Crippen LogP contribution in [-0.2, 0) is 9.59 Å². The van der Waals surface area contributed by atoms with Gasteiger partial charge >= 0.3 is 6.01 Å². The first-order valence-electron chi connectivity index (χ1n) is 15.7. The molecule has 0 saturated heterocycles. The summed E-state index contributed by atoms with van der Waals surface area (Å²) in [6, 6.07) is 0.110. The highest BCUT2D eigenvalue weighted by Gasteiger charge is 2.70. The number of fused-ring (bicyclic) bond motifs is 7. The fourth-order valence-electron chi connectivity index (χ4n) is 11.4. The van der Waals surface area contributed by atoms with Crippen molar-refractivity contribution in [3.05, 3.63) is 17.0 Å². The number of allylic oxidation sites excluding steroid dienone is 1. The number of carbonyl (C=O) groups excluding carboxylic acids is 2. The summed E-state index contributed by atoms with van der Waals surface area (Å²) in [6.07, 6.45) is 7.95. The summed E-state index contributed by atoms with van der Waals surface area (Å²) >= 11 is 0. The van der Waals surface area contributed by atoms with Crippen LogP contribution in [0.5, 0.6) is 0 Å². The maximum absolute atomic E-state index is 14.1. The van der Waals surface area contributed by atoms with Crippen LogP contribution < -0.4 is 5.32 Å². The molecule has 40 heavy (non-hydrogen) atoms. The number of Topliss-reactive ketones (excluding diaryl/α,β-unsaturated/α-hetero) is 1. The predicted molar refractivity (Wildman–Crippen MR) is 153 cm³/mol. The number of nitrogens with one attached hydrogen (secondary N) is 1. The van der Waals surface area contributed by atoms with Gasteiger partial charge in [-0.25, -0.2) is 0 Å². The minimum atomic E-state index is -0.843. The highest BCUT2D eigenvalue weighted by molar-refractivity contribution is 6.09. The molecule has 2 N–H and O–H groups in total. The second-order valence-corrected chi connectivity index (χ2v) is 15.7. The zero-order valence-electron chi connectivity index (χ0n) is 25.8. The first-order valence-corrected chi connectivity index (χ1v) is 15.7. The topological polar surface area (TPSA) is 105 Å². The van der Waals surface area contributed by atoms with Gasteiger partial charge in [-0.15, -0.1) is 5.10 Å². The Labute approximate surface area is 239 Å². The standard InChI is InChI=1S/C33H49N3O4/c1-18(2)25-21(37)17-33(27(39)34-28-36-35-19(3)40-28)16-15-31(7)20(26(25)33)9-10-23-30(6)13-12-24(38)29(4,5)22(30)11-14-32(23,31)8/h18,20,22-24,38H,9-17H2,1-8H3,(H,34,36,39)/t20-,22+,23-,24+,30+,31-,32-,33-/m1/s1. The molecule has 1 aromatic heterocycles. The van der Waals surface area contributed by atoms with Gasteiger partial charge in [-0.2, -0.15) is 0 Å². The molecule has 1 heterocycles. The van der Waals surface area contributed by atoms with E-state index in [4.69, 9.17) is 4.42 Å². The van der Waals surface area contributed by atoms with Crippen LogP contribution in [0.2, 0.25) is 0 Å². The monoisotopic (exact) mass is 551 g/mol.